The third kappa shape index (κ3) is 2.53. The van der Waals surface area contributed by atoms with Crippen molar-refractivity contribution in [3.63, 3.8) is 0 Å². The minimum Gasteiger partial charge on any atom is -0.264 e. The predicted molar refractivity (Wildman–Crippen MR) is 82.0 cm³/mol. The van der Waals surface area contributed by atoms with Crippen LogP contribution in [0.15, 0.2) is 56.8 Å². The second-order valence-electron chi connectivity index (χ2n) is 4.78. The Kier molecular flexibility index (Phi) is 3.55. The first-order valence-electron chi connectivity index (χ1n) is 6.47. The van der Waals surface area contributed by atoms with E-state index in [1.165, 1.54) is 6.07 Å². The number of hydrogen-bond donors (Lipinski definition) is 1. The molecule has 0 aliphatic carbocycles. The van der Waals surface area contributed by atoms with Crippen LogP contribution in [-0.4, -0.2) is 25.9 Å². The van der Waals surface area contributed by atoms with Crippen molar-refractivity contribution in [1.82, 2.24) is 4.98 Å². The average molecular weight is 315 g/mol. The van der Waals surface area contributed by atoms with Crippen molar-refractivity contribution >= 4 is 15.9 Å². The molecule has 1 aliphatic heterocycles. The first-order valence-corrected chi connectivity index (χ1v) is 8.02. The molecule has 0 fully saturated rings. The normalized spacial score (nSPS) is 14.2. The standard InChI is InChI=1S/C14H13N5O2S/c1-9-5-6-16-7-11(9)10-3-2-4-12(22(15,20)21)13(10)14-17-8-18-19-14/h2-7H,8H2,1H3,(H2,15,20,21). The molecule has 8 heteroatoms. The Hall–Kier alpha value is -2.45. The van der Waals surface area contributed by atoms with Crippen LogP contribution in [0.5, 0.6) is 0 Å². The second kappa shape index (κ2) is 5.39. The van der Waals surface area contributed by atoms with Crippen LogP contribution in [0.4, 0.5) is 0 Å². The van der Waals surface area contributed by atoms with Crippen LogP contribution in [0.1, 0.15) is 11.1 Å². The molecule has 0 radical (unpaired) electrons. The number of azo groups is 1. The third-order valence-electron chi connectivity index (χ3n) is 3.33. The van der Waals surface area contributed by atoms with Gasteiger partial charge in [-0.15, -0.1) is 5.11 Å². The van der Waals surface area contributed by atoms with Crippen molar-refractivity contribution in [2.75, 3.05) is 6.67 Å². The van der Waals surface area contributed by atoms with Gasteiger partial charge in [-0.3, -0.25) is 4.98 Å². The molecule has 0 unspecified atom stereocenters. The molecule has 1 aromatic heterocycles. The minimum absolute atomic E-state index is 0.0205. The summed E-state index contributed by atoms with van der Waals surface area (Å²) in [6.45, 7) is 2.10. The molecule has 2 aromatic rings. The van der Waals surface area contributed by atoms with Gasteiger partial charge in [-0.25, -0.2) is 18.5 Å². The zero-order chi connectivity index (χ0) is 15.7. The lowest BCUT2D eigenvalue weighted by atomic mass is 9.97. The van der Waals surface area contributed by atoms with Crippen molar-refractivity contribution in [2.45, 2.75) is 11.8 Å². The summed E-state index contributed by atoms with van der Waals surface area (Å²) < 4.78 is 23.8. The van der Waals surface area contributed by atoms with E-state index in [9.17, 15) is 8.42 Å². The second-order valence-corrected chi connectivity index (χ2v) is 6.31. The summed E-state index contributed by atoms with van der Waals surface area (Å²) in [7, 11) is -3.92. The number of primary sulfonamides is 1. The fraction of sp³-hybridized carbons (Fsp3) is 0.143. The molecule has 112 valence electrons. The topological polar surface area (TPSA) is 110 Å². The quantitative estimate of drug-likeness (QED) is 0.933. The highest BCUT2D eigenvalue weighted by Crippen LogP contribution is 2.31. The molecular formula is C14H13N5O2S. The zero-order valence-electron chi connectivity index (χ0n) is 11.8. The molecule has 1 aliphatic rings. The van der Waals surface area contributed by atoms with Gasteiger partial charge in [-0.1, -0.05) is 12.1 Å². The van der Waals surface area contributed by atoms with Crippen LogP contribution >= 0.6 is 0 Å². The van der Waals surface area contributed by atoms with E-state index in [4.69, 9.17) is 5.14 Å². The van der Waals surface area contributed by atoms with E-state index in [1.807, 2.05) is 13.0 Å². The Bertz CT molecular complexity index is 903. The van der Waals surface area contributed by atoms with Crippen LogP contribution < -0.4 is 5.14 Å². The number of aliphatic imine (C=N–C) groups is 1. The molecule has 3 rings (SSSR count). The number of pyridine rings is 1. The van der Waals surface area contributed by atoms with E-state index < -0.39 is 10.0 Å². The van der Waals surface area contributed by atoms with E-state index in [0.717, 1.165) is 11.1 Å². The summed E-state index contributed by atoms with van der Waals surface area (Å²) >= 11 is 0. The Balaban J connectivity index is 2.37. The summed E-state index contributed by atoms with van der Waals surface area (Å²) in [5, 5.41) is 13.1. The number of nitrogens with two attached hydrogens (primary N) is 1. The van der Waals surface area contributed by atoms with Crippen molar-refractivity contribution in [1.29, 1.82) is 0 Å². The first kappa shape index (κ1) is 14.5. The lowest BCUT2D eigenvalue weighted by Gasteiger charge is -2.13. The smallest absolute Gasteiger partial charge is 0.238 e. The van der Waals surface area contributed by atoms with Gasteiger partial charge in [0.05, 0.1) is 4.90 Å². The number of nitrogens with zero attached hydrogens (tertiary/aromatic N) is 4. The van der Waals surface area contributed by atoms with Gasteiger partial charge >= 0.3 is 0 Å². The van der Waals surface area contributed by atoms with Crippen LogP contribution in [-0.2, 0) is 10.0 Å². The van der Waals surface area contributed by atoms with E-state index in [-0.39, 0.29) is 17.4 Å². The molecule has 2 heterocycles. The average Bonchev–Trinajstić information content (AvgIpc) is 3.00. The van der Waals surface area contributed by atoms with Gasteiger partial charge < -0.3 is 0 Å². The molecule has 0 saturated heterocycles. The van der Waals surface area contributed by atoms with Gasteiger partial charge in [0.1, 0.15) is 0 Å². The maximum Gasteiger partial charge on any atom is 0.238 e. The van der Waals surface area contributed by atoms with Gasteiger partial charge in [0.15, 0.2) is 12.5 Å². The van der Waals surface area contributed by atoms with Gasteiger partial charge in [0, 0.05) is 23.5 Å². The lowest BCUT2D eigenvalue weighted by molar-refractivity contribution is 0.597. The number of aromatic nitrogens is 1. The number of benzene rings is 1. The molecule has 0 amide bonds. The van der Waals surface area contributed by atoms with E-state index >= 15 is 0 Å². The summed E-state index contributed by atoms with van der Waals surface area (Å²) in [5.74, 6) is 0.267. The maximum atomic E-state index is 11.9. The summed E-state index contributed by atoms with van der Waals surface area (Å²) in [6, 6.07) is 6.72. The van der Waals surface area contributed by atoms with Crippen LogP contribution in [0.2, 0.25) is 0 Å². The highest BCUT2D eigenvalue weighted by Gasteiger charge is 2.24. The highest BCUT2D eigenvalue weighted by molar-refractivity contribution is 7.89. The number of hydrogen-bond acceptors (Lipinski definition) is 6. The van der Waals surface area contributed by atoms with Crippen molar-refractivity contribution in [3.8, 4) is 11.1 Å². The monoisotopic (exact) mass is 315 g/mol. The minimum atomic E-state index is -3.92. The fourth-order valence-electron chi connectivity index (χ4n) is 2.33. The molecule has 2 N–H and O–H groups in total. The van der Waals surface area contributed by atoms with Gasteiger partial charge in [-0.2, -0.15) is 5.11 Å². The molecule has 1 aromatic carbocycles. The summed E-state index contributed by atoms with van der Waals surface area (Å²) in [5.41, 5.74) is 2.78. The highest BCUT2D eigenvalue weighted by atomic mass is 32.2. The molecule has 22 heavy (non-hydrogen) atoms. The number of sulfonamides is 1. The van der Waals surface area contributed by atoms with Crippen molar-refractivity contribution < 1.29 is 8.42 Å². The van der Waals surface area contributed by atoms with E-state index in [1.54, 1.807) is 24.5 Å². The molecule has 0 spiro atoms. The molecular weight excluding hydrogens is 302 g/mol. The summed E-state index contributed by atoms with van der Waals surface area (Å²) in [6.07, 6.45) is 3.35. The number of amidine groups is 1. The van der Waals surface area contributed by atoms with Gasteiger partial charge in [0.2, 0.25) is 10.0 Å². The number of aryl methyl sites for hydroxylation is 1. The SMILES string of the molecule is Cc1ccncc1-c1cccc(S(N)(=O)=O)c1C1=NCN=N1. The molecule has 0 bridgehead atoms. The molecule has 0 saturated carbocycles. The molecule has 0 atom stereocenters. The Morgan fingerprint density at radius 1 is 1.18 bits per heavy atom. The van der Waals surface area contributed by atoms with Crippen molar-refractivity contribution in [3.05, 3.63) is 47.8 Å². The number of rotatable bonds is 3. The van der Waals surface area contributed by atoms with E-state index in [2.05, 4.69) is 20.2 Å². The zero-order valence-corrected chi connectivity index (χ0v) is 12.6. The van der Waals surface area contributed by atoms with Crippen molar-refractivity contribution in [2.24, 2.45) is 20.4 Å². The summed E-state index contributed by atoms with van der Waals surface area (Å²) in [4.78, 5) is 8.23. The van der Waals surface area contributed by atoms with E-state index in [0.29, 0.717) is 11.1 Å². The largest absolute Gasteiger partial charge is 0.264 e. The van der Waals surface area contributed by atoms with Gasteiger partial charge in [-0.05, 0) is 30.2 Å². The molecule has 7 nitrogen and oxygen atoms in total. The van der Waals surface area contributed by atoms with Crippen LogP contribution in [0, 0.1) is 6.92 Å². The lowest BCUT2D eigenvalue weighted by Crippen LogP contribution is -2.17. The van der Waals surface area contributed by atoms with Crippen LogP contribution in [0.25, 0.3) is 11.1 Å². The maximum absolute atomic E-state index is 11.9. The third-order valence-corrected chi connectivity index (χ3v) is 4.29. The van der Waals surface area contributed by atoms with Gasteiger partial charge in [0.25, 0.3) is 0 Å². The Morgan fingerprint density at radius 2 is 2.00 bits per heavy atom. The van der Waals surface area contributed by atoms with Crippen LogP contribution in [0.3, 0.4) is 0 Å². The Labute approximate surface area is 127 Å². The fourth-order valence-corrected chi connectivity index (χ4v) is 3.08. The Morgan fingerprint density at radius 3 is 2.64 bits per heavy atom. The first-order chi connectivity index (χ1) is 10.5. The predicted octanol–water partition coefficient (Wildman–Crippen LogP) is 1.87.